The minimum absolute atomic E-state index is 0.392. The van der Waals surface area contributed by atoms with Crippen LogP contribution in [0.5, 0.6) is 0 Å². The van der Waals surface area contributed by atoms with Crippen LogP contribution in [0.1, 0.15) is 0 Å². The van der Waals surface area contributed by atoms with Gasteiger partial charge in [-0.05, 0) is 12.1 Å². The van der Waals surface area contributed by atoms with Crippen molar-refractivity contribution in [3.63, 3.8) is 0 Å². The minimum atomic E-state index is 0.392. The minimum Gasteiger partial charge on any atom is -0.383 e. The van der Waals surface area contributed by atoms with Crippen LogP contribution in [-0.4, -0.2) is 35.4 Å². The van der Waals surface area contributed by atoms with Gasteiger partial charge in [0.15, 0.2) is 0 Å². The zero-order valence-corrected chi connectivity index (χ0v) is 8.88. The third kappa shape index (κ3) is 2.54. The van der Waals surface area contributed by atoms with Gasteiger partial charge in [0.2, 0.25) is 5.82 Å². The molecule has 0 radical (unpaired) electrons. The molecule has 6 heteroatoms. The van der Waals surface area contributed by atoms with Crippen LogP contribution in [0.2, 0.25) is 0 Å². The van der Waals surface area contributed by atoms with E-state index in [1.807, 2.05) is 12.1 Å². The van der Waals surface area contributed by atoms with Crippen LogP contribution in [0.3, 0.4) is 0 Å². The molecule has 16 heavy (non-hydrogen) atoms. The van der Waals surface area contributed by atoms with Crippen molar-refractivity contribution < 1.29 is 9.26 Å². The van der Waals surface area contributed by atoms with E-state index >= 15 is 0 Å². The Bertz CT molecular complexity index is 429. The highest BCUT2D eigenvalue weighted by molar-refractivity contribution is 5.54. The van der Waals surface area contributed by atoms with Crippen molar-refractivity contribution in [3.8, 4) is 11.4 Å². The molecule has 0 unspecified atom stereocenters. The molecule has 0 amide bonds. The van der Waals surface area contributed by atoms with Gasteiger partial charge in [0, 0.05) is 31.6 Å². The summed E-state index contributed by atoms with van der Waals surface area (Å²) in [5, 5.41) is 6.80. The monoisotopic (exact) mass is 220 g/mol. The number of anilines is 1. The molecule has 2 rings (SSSR count). The van der Waals surface area contributed by atoms with Gasteiger partial charge in [-0.15, -0.1) is 0 Å². The molecule has 0 saturated heterocycles. The Labute approximate surface area is 92.7 Å². The van der Waals surface area contributed by atoms with E-state index in [2.05, 4.69) is 20.4 Å². The number of rotatable bonds is 5. The number of nitrogens with zero attached hydrogens (tertiary/aromatic N) is 3. The second-order valence-electron chi connectivity index (χ2n) is 3.08. The number of ether oxygens (including phenoxy) is 1. The first-order chi connectivity index (χ1) is 7.90. The quantitative estimate of drug-likeness (QED) is 0.763. The average Bonchev–Trinajstić information content (AvgIpc) is 2.79. The normalized spacial score (nSPS) is 10.3. The van der Waals surface area contributed by atoms with Crippen molar-refractivity contribution in [1.29, 1.82) is 0 Å². The van der Waals surface area contributed by atoms with Crippen LogP contribution >= 0.6 is 0 Å². The number of methoxy groups -OCH3 is 1. The summed E-state index contributed by atoms with van der Waals surface area (Å²) in [5.74, 6) is 0.544. The topological polar surface area (TPSA) is 73.1 Å². The first kappa shape index (κ1) is 10.6. The average molecular weight is 220 g/mol. The van der Waals surface area contributed by atoms with Crippen LogP contribution in [-0.2, 0) is 4.74 Å². The van der Waals surface area contributed by atoms with E-state index in [1.165, 1.54) is 0 Å². The Morgan fingerprint density at radius 3 is 2.94 bits per heavy atom. The number of aromatic nitrogens is 3. The summed E-state index contributed by atoms with van der Waals surface area (Å²) < 4.78 is 9.91. The highest BCUT2D eigenvalue weighted by atomic mass is 16.5. The highest BCUT2D eigenvalue weighted by Gasteiger charge is 2.06. The lowest BCUT2D eigenvalue weighted by Crippen LogP contribution is -2.07. The van der Waals surface area contributed by atoms with Gasteiger partial charge in [-0.1, -0.05) is 5.16 Å². The van der Waals surface area contributed by atoms with Crippen molar-refractivity contribution in [1.82, 2.24) is 15.1 Å². The summed E-state index contributed by atoms with van der Waals surface area (Å²) in [6.07, 6.45) is 3.37. The molecule has 0 fully saturated rings. The Morgan fingerprint density at radius 1 is 1.38 bits per heavy atom. The van der Waals surface area contributed by atoms with E-state index in [1.54, 1.807) is 19.5 Å². The van der Waals surface area contributed by atoms with Gasteiger partial charge in [0.1, 0.15) is 0 Å². The fraction of sp³-hybridized carbons (Fsp3) is 0.300. The Kier molecular flexibility index (Phi) is 3.45. The largest absolute Gasteiger partial charge is 0.383 e. The number of hydrogen-bond donors (Lipinski definition) is 1. The third-order valence-corrected chi connectivity index (χ3v) is 1.95. The molecule has 0 aliphatic rings. The second kappa shape index (κ2) is 5.22. The van der Waals surface area contributed by atoms with Crippen molar-refractivity contribution in [2.75, 3.05) is 25.6 Å². The summed E-state index contributed by atoms with van der Waals surface area (Å²) in [5.41, 5.74) is 0.874. The van der Waals surface area contributed by atoms with E-state index in [4.69, 9.17) is 9.26 Å². The predicted molar refractivity (Wildman–Crippen MR) is 57.9 cm³/mol. The second-order valence-corrected chi connectivity index (χ2v) is 3.08. The van der Waals surface area contributed by atoms with Crippen LogP contribution in [0.25, 0.3) is 11.4 Å². The molecule has 0 aromatic carbocycles. The fourth-order valence-electron chi connectivity index (χ4n) is 1.17. The molecule has 0 spiro atoms. The maximum Gasteiger partial charge on any atom is 0.321 e. The maximum absolute atomic E-state index is 5.02. The van der Waals surface area contributed by atoms with Gasteiger partial charge in [-0.2, -0.15) is 4.98 Å². The molecule has 6 nitrogen and oxygen atoms in total. The summed E-state index contributed by atoms with van der Waals surface area (Å²) in [6, 6.07) is 4.04. The standard InChI is InChI=1S/C10H12N4O2/c1-15-7-6-12-10-13-9(14-16-10)8-2-4-11-5-3-8/h2-5H,6-7H2,1H3,(H,12,13,14). The van der Waals surface area contributed by atoms with Gasteiger partial charge in [0.05, 0.1) is 6.61 Å². The first-order valence-electron chi connectivity index (χ1n) is 4.87. The molecular weight excluding hydrogens is 208 g/mol. The SMILES string of the molecule is COCCNc1nc(-c2ccncc2)no1. The summed E-state index contributed by atoms with van der Waals surface area (Å²) in [4.78, 5) is 8.10. The van der Waals surface area contributed by atoms with Gasteiger partial charge < -0.3 is 14.6 Å². The van der Waals surface area contributed by atoms with E-state index in [0.717, 1.165) is 5.56 Å². The molecule has 2 heterocycles. The zero-order valence-electron chi connectivity index (χ0n) is 8.88. The van der Waals surface area contributed by atoms with Crippen LogP contribution in [0.4, 0.5) is 6.01 Å². The zero-order chi connectivity index (χ0) is 11.2. The van der Waals surface area contributed by atoms with Crippen molar-refractivity contribution in [3.05, 3.63) is 24.5 Å². The Morgan fingerprint density at radius 2 is 2.19 bits per heavy atom. The lowest BCUT2D eigenvalue weighted by Gasteiger charge is -1.97. The Balaban J connectivity index is 2.02. The van der Waals surface area contributed by atoms with Gasteiger partial charge >= 0.3 is 6.01 Å². The Hall–Kier alpha value is -1.95. The lowest BCUT2D eigenvalue weighted by atomic mass is 10.3. The van der Waals surface area contributed by atoms with E-state index in [0.29, 0.717) is 25.0 Å². The number of hydrogen-bond acceptors (Lipinski definition) is 6. The molecule has 2 aromatic heterocycles. The van der Waals surface area contributed by atoms with Crippen LogP contribution < -0.4 is 5.32 Å². The number of nitrogens with one attached hydrogen (secondary N) is 1. The van der Waals surface area contributed by atoms with Gasteiger partial charge in [0.25, 0.3) is 0 Å². The highest BCUT2D eigenvalue weighted by Crippen LogP contribution is 2.15. The molecular formula is C10H12N4O2. The number of pyridine rings is 1. The predicted octanol–water partition coefficient (Wildman–Crippen LogP) is 1.19. The third-order valence-electron chi connectivity index (χ3n) is 1.95. The molecule has 0 aliphatic carbocycles. The molecule has 0 atom stereocenters. The van der Waals surface area contributed by atoms with Crippen molar-refractivity contribution >= 4 is 6.01 Å². The van der Waals surface area contributed by atoms with E-state index in [9.17, 15) is 0 Å². The van der Waals surface area contributed by atoms with E-state index < -0.39 is 0 Å². The van der Waals surface area contributed by atoms with E-state index in [-0.39, 0.29) is 0 Å². The van der Waals surface area contributed by atoms with Crippen LogP contribution in [0.15, 0.2) is 29.0 Å². The fourth-order valence-corrected chi connectivity index (χ4v) is 1.17. The van der Waals surface area contributed by atoms with Gasteiger partial charge in [-0.3, -0.25) is 4.98 Å². The van der Waals surface area contributed by atoms with Crippen molar-refractivity contribution in [2.24, 2.45) is 0 Å². The summed E-state index contributed by atoms with van der Waals surface area (Å²) in [6.45, 7) is 1.22. The molecule has 2 aromatic rings. The smallest absolute Gasteiger partial charge is 0.321 e. The molecule has 0 bridgehead atoms. The molecule has 1 N–H and O–H groups in total. The van der Waals surface area contributed by atoms with Crippen LogP contribution in [0, 0.1) is 0 Å². The molecule has 0 aliphatic heterocycles. The summed E-state index contributed by atoms with van der Waals surface area (Å²) in [7, 11) is 1.64. The van der Waals surface area contributed by atoms with Crippen molar-refractivity contribution in [2.45, 2.75) is 0 Å². The van der Waals surface area contributed by atoms with Gasteiger partial charge in [-0.25, -0.2) is 0 Å². The first-order valence-corrected chi connectivity index (χ1v) is 4.87. The molecule has 84 valence electrons. The lowest BCUT2D eigenvalue weighted by molar-refractivity contribution is 0.210. The molecule has 0 saturated carbocycles. The summed E-state index contributed by atoms with van der Waals surface area (Å²) >= 11 is 0. The maximum atomic E-state index is 5.02.